The standard InChI is InChI=1S/C13H10BrF/c1-9-4-2-5-10(8-9)13-11(14)6-3-7-12(13)15/h2-8H,1H3. The summed E-state index contributed by atoms with van der Waals surface area (Å²) in [6.07, 6.45) is 0. The number of hydrogen-bond acceptors (Lipinski definition) is 0. The Balaban J connectivity index is 2.63. The molecule has 2 aromatic rings. The fourth-order valence-corrected chi connectivity index (χ4v) is 2.15. The van der Waals surface area contributed by atoms with Gasteiger partial charge in [0.05, 0.1) is 0 Å². The second-order valence-electron chi connectivity index (χ2n) is 3.47. The lowest BCUT2D eigenvalue weighted by molar-refractivity contribution is 0.630. The Morgan fingerprint density at radius 1 is 1.07 bits per heavy atom. The van der Waals surface area contributed by atoms with Gasteiger partial charge in [-0.05, 0) is 24.6 Å². The Bertz CT molecular complexity index is 471. The highest BCUT2D eigenvalue weighted by Crippen LogP contribution is 2.30. The topological polar surface area (TPSA) is 0 Å². The normalized spacial score (nSPS) is 10.3. The van der Waals surface area contributed by atoms with Gasteiger partial charge in [-0.15, -0.1) is 0 Å². The molecule has 2 rings (SSSR count). The second kappa shape index (κ2) is 4.15. The Morgan fingerprint density at radius 3 is 2.47 bits per heavy atom. The van der Waals surface area contributed by atoms with E-state index in [9.17, 15) is 4.39 Å². The van der Waals surface area contributed by atoms with Crippen LogP contribution >= 0.6 is 15.9 Å². The van der Waals surface area contributed by atoms with E-state index in [1.54, 1.807) is 6.07 Å². The minimum atomic E-state index is -0.199. The van der Waals surface area contributed by atoms with Gasteiger partial charge in [-0.2, -0.15) is 0 Å². The van der Waals surface area contributed by atoms with Crippen molar-refractivity contribution in [2.24, 2.45) is 0 Å². The number of halogens is 2. The fourth-order valence-electron chi connectivity index (χ4n) is 1.57. The third-order valence-corrected chi connectivity index (χ3v) is 2.93. The lowest BCUT2D eigenvalue weighted by atomic mass is 10.0. The average Bonchev–Trinajstić information content (AvgIpc) is 2.17. The van der Waals surface area contributed by atoms with Gasteiger partial charge in [0, 0.05) is 10.0 Å². The van der Waals surface area contributed by atoms with Crippen LogP contribution in [0.4, 0.5) is 4.39 Å². The zero-order valence-electron chi connectivity index (χ0n) is 8.30. The molecule has 0 N–H and O–H groups in total. The molecule has 0 nitrogen and oxygen atoms in total. The Hall–Kier alpha value is -1.15. The summed E-state index contributed by atoms with van der Waals surface area (Å²) < 4.78 is 14.4. The highest BCUT2D eigenvalue weighted by molar-refractivity contribution is 9.10. The first kappa shape index (κ1) is 10.4. The molecule has 76 valence electrons. The summed E-state index contributed by atoms with van der Waals surface area (Å²) in [5.74, 6) is -0.199. The summed E-state index contributed by atoms with van der Waals surface area (Å²) in [5.41, 5.74) is 2.66. The molecule has 0 radical (unpaired) electrons. The quantitative estimate of drug-likeness (QED) is 0.708. The summed E-state index contributed by atoms with van der Waals surface area (Å²) in [7, 11) is 0. The molecule has 0 saturated carbocycles. The third-order valence-electron chi connectivity index (χ3n) is 2.27. The first-order valence-electron chi connectivity index (χ1n) is 4.69. The Morgan fingerprint density at radius 2 is 1.80 bits per heavy atom. The van der Waals surface area contributed by atoms with E-state index >= 15 is 0 Å². The van der Waals surface area contributed by atoms with Crippen molar-refractivity contribution in [1.29, 1.82) is 0 Å². The van der Waals surface area contributed by atoms with Crippen molar-refractivity contribution in [3.05, 3.63) is 58.3 Å². The van der Waals surface area contributed by atoms with Gasteiger partial charge in [-0.25, -0.2) is 4.39 Å². The Kier molecular flexibility index (Phi) is 2.87. The molecule has 0 spiro atoms. The lowest BCUT2D eigenvalue weighted by Crippen LogP contribution is -1.86. The zero-order chi connectivity index (χ0) is 10.8. The van der Waals surface area contributed by atoms with E-state index in [1.807, 2.05) is 37.3 Å². The van der Waals surface area contributed by atoms with Crippen molar-refractivity contribution in [2.75, 3.05) is 0 Å². The molecule has 0 bridgehead atoms. The molecule has 0 aliphatic rings. The number of aryl methyl sites for hydroxylation is 1. The van der Waals surface area contributed by atoms with Crippen molar-refractivity contribution in [3.8, 4) is 11.1 Å². The number of hydrogen-bond donors (Lipinski definition) is 0. The predicted molar refractivity (Wildman–Crippen MR) is 64.3 cm³/mol. The maximum absolute atomic E-state index is 13.6. The summed E-state index contributed by atoms with van der Waals surface area (Å²) >= 11 is 3.37. The van der Waals surface area contributed by atoms with E-state index in [4.69, 9.17) is 0 Å². The monoisotopic (exact) mass is 264 g/mol. The second-order valence-corrected chi connectivity index (χ2v) is 4.32. The highest BCUT2D eigenvalue weighted by Gasteiger charge is 2.08. The summed E-state index contributed by atoms with van der Waals surface area (Å²) in [5, 5.41) is 0. The van der Waals surface area contributed by atoms with Crippen LogP contribution in [0, 0.1) is 12.7 Å². The fraction of sp³-hybridized carbons (Fsp3) is 0.0769. The summed E-state index contributed by atoms with van der Waals surface area (Å²) in [6.45, 7) is 2.00. The summed E-state index contributed by atoms with van der Waals surface area (Å²) in [6, 6.07) is 12.8. The molecule has 0 aromatic heterocycles. The van der Waals surface area contributed by atoms with Crippen LogP contribution in [0.3, 0.4) is 0 Å². The van der Waals surface area contributed by atoms with E-state index < -0.39 is 0 Å². The smallest absolute Gasteiger partial charge is 0.132 e. The Labute approximate surface area is 96.9 Å². The SMILES string of the molecule is Cc1cccc(-c2c(F)cccc2Br)c1. The molecule has 0 fully saturated rings. The molecule has 0 unspecified atom stereocenters. The zero-order valence-corrected chi connectivity index (χ0v) is 9.88. The lowest BCUT2D eigenvalue weighted by Gasteiger charge is -2.06. The third kappa shape index (κ3) is 2.10. The largest absolute Gasteiger partial charge is 0.206 e. The molecule has 0 heterocycles. The van der Waals surface area contributed by atoms with E-state index in [-0.39, 0.29) is 5.82 Å². The molecule has 0 atom stereocenters. The number of benzene rings is 2. The molecule has 0 saturated heterocycles. The first-order valence-corrected chi connectivity index (χ1v) is 5.49. The summed E-state index contributed by atoms with van der Waals surface area (Å²) in [4.78, 5) is 0. The van der Waals surface area contributed by atoms with Gasteiger partial charge in [-0.3, -0.25) is 0 Å². The maximum atomic E-state index is 13.6. The van der Waals surface area contributed by atoms with Crippen molar-refractivity contribution in [3.63, 3.8) is 0 Å². The molecular weight excluding hydrogens is 255 g/mol. The number of rotatable bonds is 1. The molecule has 0 aliphatic heterocycles. The van der Waals surface area contributed by atoms with Crippen LogP contribution in [0.2, 0.25) is 0 Å². The minimum Gasteiger partial charge on any atom is -0.206 e. The van der Waals surface area contributed by atoms with Gasteiger partial charge in [0.2, 0.25) is 0 Å². The maximum Gasteiger partial charge on any atom is 0.132 e. The van der Waals surface area contributed by atoms with Crippen molar-refractivity contribution in [1.82, 2.24) is 0 Å². The minimum absolute atomic E-state index is 0.199. The first-order chi connectivity index (χ1) is 7.18. The van der Waals surface area contributed by atoms with E-state index in [0.29, 0.717) is 5.56 Å². The van der Waals surface area contributed by atoms with E-state index in [0.717, 1.165) is 15.6 Å². The molecule has 2 aromatic carbocycles. The van der Waals surface area contributed by atoms with E-state index in [2.05, 4.69) is 15.9 Å². The van der Waals surface area contributed by atoms with Gasteiger partial charge in [-0.1, -0.05) is 51.8 Å². The van der Waals surface area contributed by atoms with Gasteiger partial charge >= 0.3 is 0 Å². The van der Waals surface area contributed by atoms with Crippen LogP contribution in [-0.2, 0) is 0 Å². The van der Waals surface area contributed by atoms with Crippen molar-refractivity contribution in [2.45, 2.75) is 6.92 Å². The van der Waals surface area contributed by atoms with Crippen LogP contribution in [0.5, 0.6) is 0 Å². The van der Waals surface area contributed by atoms with Gasteiger partial charge in [0.1, 0.15) is 5.82 Å². The van der Waals surface area contributed by atoms with Gasteiger partial charge in [0.25, 0.3) is 0 Å². The average molecular weight is 265 g/mol. The van der Waals surface area contributed by atoms with Crippen LogP contribution < -0.4 is 0 Å². The van der Waals surface area contributed by atoms with Crippen LogP contribution in [0.1, 0.15) is 5.56 Å². The van der Waals surface area contributed by atoms with Gasteiger partial charge < -0.3 is 0 Å². The van der Waals surface area contributed by atoms with Gasteiger partial charge in [0.15, 0.2) is 0 Å². The molecule has 2 heteroatoms. The molecule has 0 amide bonds. The highest BCUT2D eigenvalue weighted by atomic mass is 79.9. The van der Waals surface area contributed by atoms with Crippen molar-refractivity contribution < 1.29 is 4.39 Å². The predicted octanol–water partition coefficient (Wildman–Crippen LogP) is 4.56. The molecular formula is C13H10BrF. The van der Waals surface area contributed by atoms with Crippen LogP contribution in [0.25, 0.3) is 11.1 Å². The van der Waals surface area contributed by atoms with Crippen molar-refractivity contribution >= 4 is 15.9 Å². The molecule has 15 heavy (non-hydrogen) atoms. The molecule has 0 aliphatic carbocycles. The van der Waals surface area contributed by atoms with E-state index in [1.165, 1.54) is 6.07 Å². The van der Waals surface area contributed by atoms with Crippen LogP contribution in [0.15, 0.2) is 46.9 Å². The van der Waals surface area contributed by atoms with Crippen LogP contribution in [-0.4, -0.2) is 0 Å².